The van der Waals surface area contributed by atoms with Gasteiger partial charge in [-0.1, -0.05) is 44.2 Å². The Labute approximate surface area is 158 Å². The molecule has 27 heavy (non-hydrogen) atoms. The van der Waals surface area contributed by atoms with Crippen molar-refractivity contribution in [3.63, 3.8) is 0 Å². The van der Waals surface area contributed by atoms with Gasteiger partial charge in [0.25, 0.3) is 0 Å². The number of aromatic nitrogens is 1. The van der Waals surface area contributed by atoms with Crippen LogP contribution in [0.2, 0.25) is 0 Å². The van der Waals surface area contributed by atoms with E-state index in [9.17, 15) is 4.39 Å². The molecule has 0 saturated carbocycles. The highest BCUT2D eigenvalue weighted by Crippen LogP contribution is 2.40. The molecule has 0 saturated heterocycles. The molecule has 0 fully saturated rings. The second-order valence-electron chi connectivity index (χ2n) is 7.03. The summed E-state index contributed by atoms with van der Waals surface area (Å²) < 4.78 is 31.0. The molecule has 0 amide bonds. The van der Waals surface area contributed by atoms with Crippen LogP contribution >= 0.6 is 0 Å². The number of fused-ring (bicyclic) bond motifs is 3. The molecule has 0 spiro atoms. The van der Waals surface area contributed by atoms with Gasteiger partial charge in [0.15, 0.2) is 6.20 Å². The van der Waals surface area contributed by atoms with Crippen molar-refractivity contribution in [1.29, 1.82) is 0 Å². The topological polar surface area (TPSA) is 21.4 Å². The minimum Gasteiger partial charge on any atom is -0.466 e. The van der Waals surface area contributed by atoms with Crippen LogP contribution in [0.15, 0.2) is 47.0 Å². The van der Waals surface area contributed by atoms with Gasteiger partial charge in [0.1, 0.15) is 24.0 Å². The van der Waals surface area contributed by atoms with E-state index in [0.717, 1.165) is 21.9 Å². The molecule has 2 aromatic heterocycles. The standard InChI is InChI=1S/C23H20FN2O/c1-13(2)17-12-26(5)20(11-18(17)24)21-14(3)9-10-16-15-7-6-8-19(25-4)22(15)27-23(16)21/h6-13H,1-3,5H3/q+1/i13D. The number of aryl methyl sites for hydroxylation is 2. The lowest BCUT2D eigenvalue weighted by molar-refractivity contribution is -0.661. The molecule has 4 aromatic rings. The fraction of sp³-hybridized carbons (Fsp3) is 0.217. The van der Waals surface area contributed by atoms with Gasteiger partial charge in [-0.05, 0) is 18.4 Å². The van der Waals surface area contributed by atoms with E-state index in [1.807, 2.05) is 42.8 Å². The molecule has 2 aromatic carbocycles. The summed E-state index contributed by atoms with van der Waals surface area (Å²) in [4.78, 5) is 3.56. The van der Waals surface area contributed by atoms with Crippen LogP contribution in [0.3, 0.4) is 0 Å². The van der Waals surface area contributed by atoms with Crippen LogP contribution in [-0.2, 0) is 7.05 Å². The average Bonchev–Trinajstić information content (AvgIpc) is 3.01. The smallest absolute Gasteiger partial charge is 0.229 e. The molecule has 0 aliphatic rings. The van der Waals surface area contributed by atoms with Crippen LogP contribution in [0.25, 0.3) is 38.0 Å². The predicted octanol–water partition coefficient (Wildman–Crippen LogP) is 6.20. The summed E-state index contributed by atoms with van der Waals surface area (Å²) in [6, 6.07) is 10.9. The van der Waals surface area contributed by atoms with E-state index in [-0.39, 0.29) is 0 Å². The molecule has 4 rings (SSSR count). The first kappa shape index (κ1) is 16.0. The summed E-state index contributed by atoms with van der Waals surface area (Å²) >= 11 is 0. The van der Waals surface area contributed by atoms with E-state index in [2.05, 4.69) is 4.85 Å². The zero-order chi connectivity index (χ0) is 20.2. The van der Waals surface area contributed by atoms with Gasteiger partial charge < -0.3 is 4.42 Å². The van der Waals surface area contributed by atoms with Crippen LogP contribution in [0.4, 0.5) is 10.1 Å². The lowest BCUT2D eigenvalue weighted by atomic mass is 9.98. The monoisotopic (exact) mass is 360 g/mol. The van der Waals surface area contributed by atoms with Gasteiger partial charge in [-0.2, -0.15) is 0 Å². The average molecular weight is 360 g/mol. The van der Waals surface area contributed by atoms with E-state index >= 15 is 0 Å². The number of halogens is 1. The second-order valence-corrected chi connectivity index (χ2v) is 7.03. The molecular formula is C23H20FN2O+. The van der Waals surface area contributed by atoms with Crippen LogP contribution in [0.5, 0.6) is 0 Å². The Bertz CT molecular complexity index is 1290. The minimum absolute atomic E-state index is 0.337. The molecule has 0 atom stereocenters. The number of hydrogen-bond donors (Lipinski definition) is 0. The van der Waals surface area contributed by atoms with Gasteiger partial charge in [-0.15, -0.1) is 0 Å². The van der Waals surface area contributed by atoms with Gasteiger partial charge in [-0.25, -0.2) is 13.8 Å². The van der Waals surface area contributed by atoms with Gasteiger partial charge in [-0.3, -0.25) is 0 Å². The summed E-state index contributed by atoms with van der Waals surface area (Å²) in [6.45, 7) is 12.7. The SMILES string of the molecule is [2H]C(C)(C)c1c[n+](C)c(-c2c(C)ccc3c2oc2c([N+]#[C-])cccc23)cc1F. The maximum atomic E-state index is 14.9. The fourth-order valence-corrected chi connectivity index (χ4v) is 3.59. The Morgan fingerprint density at radius 2 is 1.93 bits per heavy atom. The number of nitrogens with zero attached hydrogens (tertiary/aromatic N) is 2. The molecule has 3 nitrogen and oxygen atoms in total. The predicted molar refractivity (Wildman–Crippen MR) is 105 cm³/mol. The van der Waals surface area contributed by atoms with E-state index in [0.29, 0.717) is 28.1 Å². The highest BCUT2D eigenvalue weighted by atomic mass is 19.1. The zero-order valence-corrected chi connectivity index (χ0v) is 15.7. The molecule has 2 heterocycles. The van der Waals surface area contributed by atoms with E-state index in [1.165, 1.54) is 6.07 Å². The maximum absolute atomic E-state index is 14.9. The highest BCUT2D eigenvalue weighted by Gasteiger charge is 2.24. The van der Waals surface area contributed by atoms with Crippen molar-refractivity contribution < 1.29 is 14.7 Å². The molecular weight excluding hydrogens is 339 g/mol. The molecule has 0 N–H and O–H groups in total. The maximum Gasteiger partial charge on any atom is 0.229 e. The van der Waals surface area contributed by atoms with Crippen LogP contribution in [-0.4, -0.2) is 0 Å². The summed E-state index contributed by atoms with van der Waals surface area (Å²) in [5, 5.41) is 1.77. The Balaban J connectivity index is 2.09. The van der Waals surface area contributed by atoms with Crippen LogP contribution < -0.4 is 4.57 Å². The third-order valence-electron chi connectivity index (χ3n) is 4.99. The van der Waals surface area contributed by atoms with Gasteiger partial charge in [0.2, 0.25) is 11.4 Å². The Morgan fingerprint density at radius 1 is 1.19 bits per heavy atom. The summed E-state index contributed by atoms with van der Waals surface area (Å²) in [5.41, 5.74) is 4.38. The molecule has 0 bridgehead atoms. The van der Waals surface area contributed by atoms with Gasteiger partial charge in [0, 0.05) is 18.2 Å². The first-order valence-corrected chi connectivity index (χ1v) is 8.74. The van der Waals surface area contributed by atoms with Crippen molar-refractivity contribution in [2.24, 2.45) is 7.05 Å². The van der Waals surface area contributed by atoms with Crippen molar-refractivity contribution in [3.8, 4) is 11.3 Å². The second kappa shape index (κ2) is 6.21. The van der Waals surface area contributed by atoms with Crippen LogP contribution in [0.1, 0.15) is 32.2 Å². The first-order valence-electron chi connectivity index (χ1n) is 9.24. The van der Waals surface area contributed by atoms with E-state index < -0.39 is 11.7 Å². The molecule has 0 aliphatic carbocycles. The lowest BCUT2D eigenvalue weighted by Gasteiger charge is -2.09. The third kappa shape index (κ3) is 2.59. The van der Waals surface area contributed by atoms with Crippen molar-refractivity contribution in [2.75, 3.05) is 0 Å². The number of hydrogen-bond acceptors (Lipinski definition) is 1. The first-order chi connectivity index (χ1) is 13.2. The zero-order valence-electron chi connectivity index (χ0n) is 16.7. The number of rotatable bonds is 2. The normalized spacial score (nSPS) is 12.4. The number of furan rings is 1. The Kier molecular flexibility index (Phi) is 3.68. The largest absolute Gasteiger partial charge is 0.466 e. The number of benzene rings is 2. The van der Waals surface area contributed by atoms with Crippen LogP contribution in [0, 0.1) is 19.3 Å². The molecule has 4 heteroatoms. The van der Waals surface area contributed by atoms with E-state index in [1.54, 1.807) is 26.1 Å². The van der Waals surface area contributed by atoms with Crippen molar-refractivity contribution in [1.82, 2.24) is 0 Å². The summed E-state index contributed by atoms with van der Waals surface area (Å²) in [5.74, 6) is -1.45. The Hall–Kier alpha value is -3.19. The Morgan fingerprint density at radius 3 is 2.63 bits per heavy atom. The highest BCUT2D eigenvalue weighted by molar-refractivity contribution is 6.12. The number of para-hydroxylation sites is 1. The molecule has 134 valence electrons. The summed E-state index contributed by atoms with van der Waals surface area (Å²) in [6.07, 6.45) is 1.67. The number of pyridine rings is 1. The van der Waals surface area contributed by atoms with Crippen molar-refractivity contribution in [3.05, 3.63) is 71.0 Å². The van der Waals surface area contributed by atoms with Crippen molar-refractivity contribution in [2.45, 2.75) is 26.7 Å². The minimum atomic E-state index is -1.04. The third-order valence-corrected chi connectivity index (χ3v) is 4.99. The lowest BCUT2D eigenvalue weighted by Crippen LogP contribution is -2.32. The fourth-order valence-electron chi connectivity index (χ4n) is 3.59. The molecule has 0 unspecified atom stereocenters. The van der Waals surface area contributed by atoms with Gasteiger partial charge >= 0.3 is 0 Å². The van der Waals surface area contributed by atoms with E-state index in [4.69, 9.17) is 12.4 Å². The van der Waals surface area contributed by atoms with Crippen molar-refractivity contribution >= 4 is 27.6 Å². The molecule has 0 radical (unpaired) electrons. The summed E-state index contributed by atoms with van der Waals surface area (Å²) in [7, 11) is 1.84. The molecule has 0 aliphatic heterocycles. The quantitative estimate of drug-likeness (QED) is 0.308. The van der Waals surface area contributed by atoms with Gasteiger partial charge in [0.05, 0.1) is 17.7 Å².